The van der Waals surface area contributed by atoms with Crippen LogP contribution >= 0.6 is 23.4 Å². The average Bonchev–Trinajstić information content (AvgIpc) is 3.30. The highest BCUT2D eigenvalue weighted by molar-refractivity contribution is 7.98. The summed E-state index contributed by atoms with van der Waals surface area (Å²) in [4.78, 5) is 26.3. The van der Waals surface area contributed by atoms with Crippen LogP contribution in [0.2, 0.25) is 5.02 Å². The van der Waals surface area contributed by atoms with Crippen molar-refractivity contribution in [2.75, 3.05) is 0 Å². The molecule has 0 spiro atoms. The first-order valence-electron chi connectivity index (χ1n) is 11.5. The van der Waals surface area contributed by atoms with E-state index in [9.17, 15) is 9.59 Å². The highest BCUT2D eigenvalue weighted by Gasteiger charge is 2.19. The molecule has 0 aliphatic heterocycles. The normalized spacial score (nSPS) is 11.4. The van der Waals surface area contributed by atoms with E-state index in [4.69, 9.17) is 11.6 Å². The van der Waals surface area contributed by atoms with Gasteiger partial charge < -0.3 is 5.32 Å². The summed E-state index contributed by atoms with van der Waals surface area (Å²) in [5.74, 6) is 0.874. The lowest BCUT2D eigenvalue weighted by Gasteiger charge is -2.13. The number of fused-ring (bicyclic) bond motifs is 3. The predicted octanol–water partition coefficient (Wildman–Crippen LogP) is 5.18. The first kappa shape index (κ1) is 24.1. The second-order valence-corrected chi connectivity index (χ2v) is 10.1. The minimum Gasteiger partial charge on any atom is -0.350 e. The smallest absolute Gasteiger partial charge is 0.263 e. The van der Waals surface area contributed by atoms with Gasteiger partial charge in [-0.1, -0.05) is 65.8 Å². The van der Waals surface area contributed by atoms with Crippen molar-refractivity contribution < 1.29 is 4.79 Å². The molecule has 9 heteroatoms. The number of carbonyl (C=O) groups is 1. The number of thioether (sulfide) groups is 1. The monoisotopic (exact) mass is 517 g/mol. The van der Waals surface area contributed by atoms with Crippen molar-refractivity contribution in [1.29, 1.82) is 0 Å². The summed E-state index contributed by atoms with van der Waals surface area (Å²) >= 11 is 7.53. The van der Waals surface area contributed by atoms with E-state index in [1.807, 2.05) is 72.8 Å². The maximum atomic E-state index is 13.6. The van der Waals surface area contributed by atoms with Gasteiger partial charge in [0, 0.05) is 22.4 Å². The van der Waals surface area contributed by atoms with Gasteiger partial charge in [0.1, 0.15) is 0 Å². The van der Waals surface area contributed by atoms with Crippen LogP contribution in [-0.2, 0) is 12.3 Å². The van der Waals surface area contributed by atoms with Crippen molar-refractivity contribution in [2.45, 2.75) is 37.3 Å². The lowest BCUT2D eigenvalue weighted by atomic mass is 10.1. The Morgan fingerprint density at radius 3 is 2.47 bits per heavy atom. The zero-order chi connectivity index (χ0) is 25.2. The number of hydrogen-bond donors (Lipinski definition) is 1. The Morgan fingerprint density at radius 1 is 1.00 bits per heavy atom. The Morgan fingerprint density at radius 2 is 1.75 bits per heavy atom. The number of benzene rings is 3. The fourth-order valence-electron chi connectivity index (χ4n) is 4.00. The summed E-state index contributed by atoms with van der Waals surface area (Å²) in [6, 6.07) is 22.5. The van der Waals surface area contributed by atoms with E-state index in [-0.39, 0.29) is 17.5 Å². The standard InChI is InChI=1S/C27H24ClN5O2S/c1-17(2)29-24(34)20-10-13-22-23(14-20)33-26(32(25(22)35)15-18-6-4-3-5-7-18)30-31-27(33)36-16-19-8-11-21(28)12-9-19/h3-14,17H,15-16H2,1-2H3,(H,29,34). The molecule has 0 saturated carbocycles. The lowest BCUT2D eigenvalue weighted by molar-refractivity contribution is 0.0943. The van der Waals surface area contributed by atoms with Gasteiger partial charge in [0.2, 0.25) is 5.78 Å². The Hall–Kier alpha value is -3.62. The molecule has 1 amide bonds. The van der Waals surface area contributed by atoms with E-state index in [1.165, 1.54) is 11.8 Å². The Kier molecular flexibility index (Phi) is 6.80. The number of halogens is 1. The van der Waals surface area contributed by atoms with E-state index in [2.05, 4.69) is 15.5 Å². The van der Waals surface area contributed by atoms with Crippen molar-refractivity contribution >= 4 is 46.0 Å². The van der Waals surface area contributed by atoms with Crippen molar-refractivity contribution in [3.8, 4) is 0 Å². The zero-order valence-corrected chi connectivity index (χ0v) is 21.4. The minimum atomic E-state index is -0.197. The van der Waals surface area contributed by atoms with E-state index in [0.717, 1.165) is 11.1 Å². The van der Waals surface area contributed by atoms with Gasteiger partial charge >= 0.3 is 0 Å². The van der Waals surface area contributed by atoms with Gasteiger partial charge in [-0.15, -0.1) is 10.2 Å². The predicted molar refractivity (Wildman–Crippen MR) is 144 cm³/mol. The van der Waals surface area contributed by atoms with Crippen molar-refractivity contribution in [1.82, 2.24) is 24.5 Å². The van der Waals surface area contributed by atoms with Crippen LogP contribution < -0.4 is 10.9 Å². The largest absolute Gasteiger partial charge is 0.350 e. The number of nitrogens with one attached hydrogen (secondary N) is 1. The molecular weight excluding hydrogens is 494 g/mol. The van der Waals surface area contributed by atoms with Gasteiger partial charge in [0.25, 0.3) is 11.5 Å². The Labute approximate surface area is 217 Å². The molecule has 1 N–H and O–H groups in total. The summed E-state index contributed by atoms with van der Waals surface area (Å²) in [5, 5.41) is 13.6. The highest BCUT2D eigenvalue weighted by Crippen LogP contribution is 2.26. The highest BCUT2D eigenvalue weighted by atomic mass is 35.5. The maximum Gasteiger partial charge on any atom is 0.263 e. The van der Waals surface area contributed by atoms with Gasteiger partial charge in [-0.3, -0.25) is 18.6 Å². The first-order chi connectivity index (χ1) is 17.4. The molecule has 0 unspecified atom stereocenters. The number of aromatic nitrogens is 4. The number of hydrogen-bond acceptors (Lipinski definition) is 5. The fraction of sp³-hybridized carbons (Fsp3) is 0.185. The molecule has 5 rings (SSSR count). The van der Waals surface area contributed by atoms with Crippen LogP contribution in [-0.4, -0.2) is 31.1 Å². The molecule has 0 saturated heterocycles. The second-order valence-electron chi connectivity index (χ2n) is 8.77. The summed E-state index contributed by atoms with van der Waals surface area (Å²) in [6.45, 7) is 4.17. The van der Waals surface area contributed by atoms with E-state index in [1.54, 1.807) is 22.8 Å². The SMILES string of the molecule is CC(C)NC(=O)c1ccc2c(=O)n(Cc3ccccc3)c3nnc(SCc4ccc(Cl)cc4)n3c2c1. The molecule has 0 aliphatic rings. The number of nitrogens with zero attached hydrogens (tertiary/aromatic N) is 4. The number of amides is 1. The van der Waals surface area contributed by atoms with Crippen LogP contribution in [0.15, 0.2) is 82.7 Å². The molecule has 182 valence electrons. The third kappa shape index (κ3) is 4.87. The third-order valence-corrected chi connectivity index (χ3v) is 6.97. The Bertz CT molecular complexity index is 1610. The van der Waals surface area contributed by atoms with Crippen LogP contribution in [0, 0.1) is 0 Å². The molecule has 0 fully saturated rings. The molecule has 7 nitrogen and oxygen atoms in total. The van der Waals surface area contributed by atoms with Crippen LogP contribution in [0.25, 0.3) is 16.7 Å². The van der Waals surface area contributed by atoms with Crippen LogP contribution in [0.1, 0.15) is 35.3 Å². The molecule has 0 aliphatic carbocycles. The fourth-order valence-corrected chi connectivity index (χ4v) is 5.02. The van der Waals surface area contributed by atoms with Gasteiger partial charge in [-0.25, -0.2) is 0 Å². The Balaban J connectivity index is 1.66. The lowest BCUT2D eigenvalue weighted by Crippen LogP contribution is -2.30. The summed E-state index contributed by atoms with van der Waals surface area (Å²) in [5.41, 5.74) is 2.95. The van der Waals surface area contributed by atoms with Gasteiger partial charge in [-0.2, -0.15) is 0 Å². The first-order valence-corrected chi connectivity index (χ1v) is 12.9. The molecule has 0 radical (unpaired) electrons. The zero-order valence-electron chi connectivity index (χ0n) is 19.8. The summed E-state index contributed by atoms with van der Waals surface area (Å²) in [7, 11) is 0. The van der Waals surface area contributed by atoms with E-state index in [0.29, 0.717) is 44.7 Å². The van der Waals surface area contributed by atoms with E-state index < -0.39 is 0 Å². The molecule has 2 aromatic heterocycles. The van der Waals surface area contributed by atoms with Crippen LogP contribution in [0.4, 0.5) is 0 Å². The molecule has 3 aromatic carbocycles. The van der Waals surface area contributed by atoms with E-state index >= 15 is 0 Å². The van der Waals surface area contributed by atoms with Gasteiger partial charge in [-0.05, 0) is 55.3 Å². The number of rotatable bonds is 7. The topological polar surface area (TPSA) is 81.3 Å². The molecule has 0 bridgehead atoms. The van der Waals surface area contributed by atoms with Crippen molar-refractivity contribution in [3.05, 3.63) is 105 Å². The van der Waals surface area contributed by atoms with Gasteiger partial charge in [0.05, 0.1) is 17.4 Å². The summed E-state index contributed by atoms with van der Waals surface area (Å²) < 4.78 is 3.50. The van der Waals surface area contributed by atoms with Crippen LogP contribution in [0.5, 0.6) is 0 Å². The number of carbonyl (C=O) groups excluding carboxylic acids is 1. The van der Waals surface area contributed by atoms with Gasteiger partial charge in [0.15, 0.2) is 5.16 Å². The molecule has 5 aromatic rings. The molecule has 0 atom stereocenters. The average molecular weight is 518 g/mol. The third-order valence-electron chi connectivity index (χ3n) is 5.72. The maximum absolute atomic E-state index is 13.6. The summed E-state index contributed by atoms with van der Waals surface area (Å²) in [6.07, 6.45) is 0. The molecular formula is C27H24ClN5O2S. The van der Waals surface area contributed by atoms with Crippen molar-refractivity contribution in [3.63, 3.8) is 0 Å². The van der Waals surface area contributed by atoms with Crippen LogP contribution in [0.3, 0.4) is 0 Å². The minimum absolute atomic E-state index is 0.00695. The molecule has 2 heterocycles. The van der Waals surface area contributed by atoms with Crippen molar-refractivity contribution in [2.24, 2.45) is 0 Å². The quantitative estimate of drug-likeness (QED) is 0.301. The molecule has 36 heavy (non-hydrogen) atoms. The second kappa shape index (κ2) is 10.2.